The molecule has 1 aromatic rings. The molecule has 0 amide bonds. The van der Waals surface area contributed by atoms with Crippen molar-refractivity contribution in [1.29, 1.82) is 0 Å². The van der Waals surface area contributed by atoms with Crippen LogP contribution in [0.5, 0.6) is 0 Å². The smallest absolute Gasteiger partial charge is 0.233 e. The lowest BCUT2D eigenvalue weighted by molar-refractivity contribution is 0.185. The average molecular weight is 237 g/mol. The van der Waals surface area contributed by atoms with E-state index in [1.165, 1.54) is 19.3 Å². The fraction of sp³-hybridized carbons (Fsp3) is 0.833. The van der Waals surface area contributed by atoms with Gasteiger partial charge in [0, 0.05) is 12.0 Å². The number of nitrogens with one attached hydrogen (secondary N) is 1. The van der Waals surface area contributed by atoms with E-state index in [-0.39, 0.29) is 5.92 Å². The fourth-order valence-corrected chi connectivity index (χ4v) is 2.49. The Balaban J connectivity index is 1.71. The summed E-state index contributed by atoms with van der Waals surface area (Å²) in [6, 6.07) is 0.315. The third-order valence-electron chi connectivity index (χ3n) is 3.79. The number of hydrogen-bond donors (Lipinski definition) is 1. The molecule has 0 aromatic carbocycles. The molecular formula is C12H19N3O2. The molecule has 2 unspecified atom stereocenters. The first-order valence-corrected chi connectivity index (χ1v) is 6.53. The lowest BCUT2D eigenvalue weighted by Gasteiger charge is -2.21. The maximum atomic E-state index is 5.50. The molecular weight excluding hydrogens is 218 g/mol. The second kappa shape index (κ2) is 4.74. The molecule has 2 fully saturated rings. The van der Waals surface area contributed by atoms with Crippen molar-refractivity contribution in [3.05, 3.63) is 11.7 Å². The van der Waals surface area contributed by atoms with Crippen molar-refractivity contribution in [2.24, 2.45) is 0 Å². The van der Waals surface area contributed by atoms with E-state index in [1.807, 2.05) is 0 Å². The second-order valence-electron chi connectivity index (χ2n) is 4.93. The Morgan fingerprint density at radius 3 is 2.94 bits per heavy atom. The molecule has 2 atom stereocenters. The van der Waals surface area contributed by atoms with Gasteiger partial charge in [0.25, 0.3) is 0 Å². The number of hydrogen-bond acceptors (Lipinski definition) is 5. The summed E-state index contributed by atoms with van der Waals surface area (Å²) >= 11 is 0. The van der Waals surface area contributed by atoms with Crippen LogP contribution in [0, 0.1) is 0 Å². The van der Waals surface area contributed by atoms with Gasteiger partial charge in [-0.2, -0.15) is 4.98 Å². The molecule has 5 nitrogen and oxygen atoms in total. The Bertz CT molecular complexity index is 376. The minimum atomic E-state index is 0.219. The lowest BCUT2D eigenvalue weighted by Crippen LogP contribution is -2.34. The van der Waals surface area contributed by atoms with Gasteiger partial charge in [-0.3, -0.25) is 0 Å². The second-order valence-corrected chi connectivity index (χ2v) is 4.93. The van der Waals surface area contributed by atoms with Crippen molar-refractivity contribution in [3.8, 4) is 0 Å². The van der Waals surface area contributed by atoms with Crippen LogP contribution in [-0.4, -0.2) is 35.9 Å². The molecule has 0 radical (unpaired) electrons. The molecule has 1 saturated carbocycles. The number of rotatable bonds is 4. The van der Waals surface area contributed by atoms with Crippen molar-refractivity contribution in [2.45, 2.75) is 44.1 Å². The van der Waals surface area contributed by atoms with E-state index in [9.17, 15) is 0 Å². The highest BCUT2D eigenvalue weighted by atomic mass is 16.5. The molecule has 1 aliphatic heterocycles. The van der Waals surface area contributed by atoms with Gasteiger partial charge in [0.1, 0.15) is 0 Å². The molecule has 5 heteroatoms. The Hall–Kier alpha value is -0.940. The summed E-state index contributed by atoms with van der Waals surface area (Å²) in [5, 5.41) is 7.51. The zero-order chi connectivity index (χ0) is 11.7. The fourth-order valence-electron chi connectivity index (χ4n) is 2.49. The van der Waals surface area contributed by atoms with Gasteiger partial charge in [0.2, 0.25) is 5.89 Å². The molecule has 1 aliphatic carbocycles. The van der Waals surface area contributed by atoms with Gasteiger partial charge < -0.3 is 14.6 Å². The maximum Gasteiger partial charge on any atom is 0.233 e. The van der Waals surface area contributed by atoms with Crippen LogP contribution in [0.3, 0.4) is 0 Å². The van der Waals surface area contributed by atoms with Gasteiger partial charge in [-0.25, -0.2) is 0 Å². The molecule has 1 N–H and O–H groups in total. The van der Waals surface area contributed by atoms with E-state index in [0.29, 0.717) is 18.6 Å². The first-order chi connectivity index (χ1) is 8.38. The Kier molecular flexibility index (Phi) is 3.11. The highest BCUT2D eigenvalue weighted by molar-refractivity contribution is 5.06. The number of ether oxygens (including phenoxy) is 1. The summed E-state index contributed by atoms with van der Waals surface area (Å²) in [6.45, 7) is 4.46. The van der Waals surface area contributed by atoms with E-state index in [0.717, 1.165) is 24.9 Å². The van der Waals surface area contributed by atoms with Gasteiger partial charge in [0.15, 0.2) is 5.82 Å². The van der Waals surface area contributed by atoms with Gasteiger partial charge >= 0.3 is 0 Å². The Morgan fingerprint density at radius 2 is 2.24 bits per heavy atom. The van der Waals surface area contributed by atoms with E-state index < -0.39 is 0 Å². The normalized spacial score (nSPS) is 29.5. The highest BCUT2D eigenvalue weighted by Crippen LogP contribution is 2.35. The predicted octanol–water partition coefficient (Wildman–Crippen LogP) is 1.43. The third kappa shape index (κ3) is 2.09. The van der Waals surface area contributed by atoms with Crippen molar-refractivity contribution < 1.29 is 9.26 Å². The van der Waals surface area contributed by atoms with Crippen LogP contribution in [0.4, 0.5) is 0 Å². The van der Waals surface area contributed by atoms with Crippen molar-refractivity contribution in [3.63, 3.8) is 0 Å². The van der Waals surface area contributed by atoms with E-state index in [1.54, 1.807) is 0 Å². The molecule has 0 bridgehead atoms. The molecule has 94 valence electrons. The van der Waals surface area contributed by atoms with E-state index in [4.69, 9.17) is 9.26 Å². The molecule has 17 heavy (non-hydrogen) atoms. The minimum absolute atomic E-state index is 0.219. The van der Waals surface area contributed by atoms with Crippen molar-refractivity contribution >= 4 is 0 Å². The SMILES string of the molecule is CCNC1COCC1c1nc(C2CCC2)no1. The monoisotopic (exact) mass is 237 g/mol. The third-order valence-corrected chi connectivity index (χ3v) is 3.79. The van der Waals surface area contributed by atoms with Gasteiger partial charge in [-0.1, -0.05) is 18.5 Å². The molecule has 2 aliphatic rings. The predicted molar refractivity (Wildman–Crippen MR) is 61.9 cm³/mol. The Labute approximate surface area is 101 Å². The quantitative estimate of drug-likeness (QED) is 0.858. The van der Waals surface area contributed by atoms with E-state index >= 15 is 0 Å². The van der Waals surface area contributed by atoms with Crippen LogP contribution in [0.1, 0.15) is 49.7 Å². The van der Waals surface area contributed by atoms with Crippen LogP contribution in [0.25, 0.3) is 0 Å². The number of nitrogens with zero attached hydrogens (tertiary/aromatic N) is 2. The minimum Gasteiger partial charge on any atom is -0.379 e. The topological polar surface area (TPSA) is 60.2 Å². The van der Waals surface area contributed by atoms with Gasteiger partial charge in [-0.05, 0) is 19.4 Å². The Morgan fingerprint density at radius 1 is 1.35 bits per heavy atom. The van der Waals surface area contributed by atoms with E-state index in [2.05, 4.69) is 22.4 Å². The van der Waals surface area contributed by atoms with Gasteiger partial charge in [-0.15, -0.1) is 0 Å². The lowest BCUT2D eigenvalue weighted by atomic mass is 9.85. The highest BCUT2D eigenvalue weighted by Gasteiger charge is 2.34. The number of likely N-dealkylation sites (N-methyl/N-ethyl adjacent to an activating group) is 1. The molecule has 3 rings (SSSR count). The molecule has 1 saturated heterocycles. The zero-order valence-corrected chi connectivity index (χ0v) is 10.2. The zero-order valence-electron chi connectivity index (χ0n) is 10.2. The largest absolute Gasteiger partial charge is 0.379 e. The molecule has 1 aromatic heterocycles. The van der Waals surface area contributed by atoms with Crippen LogP contribution >= 0.6 is 0 Å². The van der Waals surface area contributed by atoms with Crippen molar-refractivity contribution in [2.75, 3.05) is 19.8 Å². The average Bonchev–Trinajstić information content (AvgIpc) is 2.84. The summed E-state index contributed by atoms with van der Waals surface area (Å²) in [5.41, 5.74) is 0. The first-order valence-electron chi connectivity index (χ1n) is 6.53. The standard InChI is InChI=1S/C12H19N3O2/c1-2-13-10-7-16-6-9(10)12-14-11(15-17-12)8-4-3-5-8/h8-10,13H,2-7H2,1H3. The summed E-state index contributed by atoms with van der Waals surface area (Å²) in [5.74, 6) is 2.40. The maximum absolute atomic E-state index is 5.50. The first kappa shape index (κ1) is 11.2. The summed E-state index contributed by atoms with van der Waals surface area (Å²) in [7, 11) is 0. The van der Waals surface area contributed by atoms with Gasteiger partial charge in [0.05, 0.1) is 19.1 Å². The molecule has 2 heterocycles. The summed E-state index contributed by atoms with van der Waals surface area (Å²) in [6.07, 6.45) is 3.70. The number of aromatic nitrogens is 2. The van der Waals surface area contributed by atoms with Crippen LogP contribution in [-0.2, 0) is 4.74 Å². The van der Waals surface area contributed by atoms with Crippen LogP contribution in [0.2, 0.25) is 0 Å². The summed E-state index contributed by atoms with van der Waals surface area (Å²) < 4.78 is 10.9. The van der Waals surface area contributed by atoms with Crippen LogP contribution < -0.4 is 5.32 Å². The van der Waals surface area contributed by atoms with Crippen LogP contribution in [0.15, 0.2) is 4.52 Å². The molecule has 0 spiro atoms. The van der Waals surface area contributed by atoms with Crippen molar-refractivity contribution in [1.82, 2.24) is 15.5 Å². The summed E-state index contributed by atoms with van der Waals surface area (Å²) in [4.78, 5) is 4.55.